The van der Waals surface area contributed by atoms with Gasteiger partial charge in [-0.3, -0.25) is 4.89 Å². The highest BCUT2D eigenvalue weighted by Crippen LogP contribution is 2.17. The van der Waals surface area contributed by atoms with E-state index in [2.05, 4.69) is 4.89 Å². The van der Waals surface area contributed by atoms with E-state index in [9.17, 15) is 9.59 Å². The molecule has 1 rings (SSSR count). The first kappa shape index (κ1) is 14.9. The highest BCUT2D eigenvalue weighted by Gasteiger charge is 2.20. The lowest BCUT2D eigenvalue weighted by molar-refractivity contribution is -0.315. The maximum Gasteiger partial charge on any atom is 0.373 e. The standard InChI is InChI=1S/C14H16O5/c1-14(2,3)19-18-13(17)11(9-12(15)16)10-7-5-4-6-8-10/h4-9H,1-3H3,(H,15,16). The average molecular weight is 264 g/mol. The summed E-state index contributed by atoms with van der Waals surface area (Å²) in [5, 5.41) is 8.80. The van der Waals surface area contributed by atoms with E-state index in [0.29, 0.717) is 5.56 Å². The summed E-state index contributed by atoms with van der Waals surface area (Å²) in [7, 11) is 0. The lowest BCUT2D eigenvalue weighted by Gasteiger charge is -2.17. The summed E-state index contributed by atoms with van der Waals surface area (Å²) in [6.07, 6.45) is 0.795. The average Bonchev–Trinajstić information content (AvgIpc) is 2.33. The van der Waals surface area contributed by atoms with Crippen molar-refractivity contribution in [2.24, 2.45) is 0 Å². The molecule has 1 aromatic carbocycles. The number of carboxylic acid groups (broad SMARTS) is 1. The normalized spacial score (nSPS) is 12.1. The van der Waals surface area contributed by atoms with E-state index in [-0.39, 0.29) is 5.57 Å². The number of benzene rings is 1. The van der Waals surface area contributed by atoms with Crippen LogP contribution in [0.5, 0.6) is 0 Å². The van der Waals surface area contributed by atoms with E-state index in [1.54, 1.807) is 51.1 Å². The minimum absolute atomic E-state index is 0.0719. The molecule has 0 aliphatic heterocycles. The molecule has 102 valence electrons. The van der Waals surface area contributed by atoms with Gasteiger partial charge in [-0.05, 0) is 26.3 Å². The van der Waals surface area contributed by atoms with Gasteiger partial charge in [-0.2, -0.15) is 4.89 Å². The molecular formula is C14H16O5. The summed E-state index contributed by atoms with van der Waals surface area (Å²) in [5.74, 6) is -2.07. The highest BCUT2D eigenvalue weighted by molar-refractivity contribution is 6.20. The Morgan fingerprint density at radius 1 is 1.16 bits per heavy atom. The molecule has 0 aliphatic rings. The smallest absolute Gasteiger partial charge is 0.373 e. The van der Waals surface area contributed by atoms with E-state index in [1.165, 1.54) is 0 Å². The number of carboxylic acids is 1. The number of aliphatic carboxylic acids is 1. The van der Waals surface area contributed by atoms with Gasteiger partial charge in [0.25, 0.3) is 0 Å². The summed E-state index contributed by atoms with van der Waals surface area (Å²) < 4.78 is 0. The summed E-state index contributed by atoms with van der Waals surface area (Å²) in [5.41, 5.74) is -0.287. The van der Waals surface area contributed by atoms with Gasteiger partial charge in [-0.25, -0.2) is 9.59 Å². The van der Waals surface area contributed by atoms with Crippen LogP contribution < -0.4 is 0 Å². The molecule has 0 saturated heterocycles. The van der Waals surface area contributed by atoms with E-state index in [0.717, 1.165) is 6.08 Å². The van der Waals surface area contributed by atoms with Crippen molar-refractivity contribution < 1.29 is 24.5 Å². The Bertz CT molecular complexity index is 482. The van der Waals surface area contributed by atoms with E-state index in [4.69, 9.17) is 9.99 Å². The Kier molecular flexibility index (Phi) is 4.83. The fourth-order valence-electron chi connectivity index (χ4n) is 1.21. The van der Waals surface area contributed by atoms with Gasteiger partial charge in [0.1, 0.15) is 5.60 Å². The predicted octanol–water partition coefficient (Wildman–Crippen LogP) is 2.43. The Balaban J connectivity index is 2.94. The lowest BCUT2D eigenvalue weighted by atomic mass is 10.1. The van der Waals surface area contributed by atoms with Crippen LogP contribution in [-0.4, -0.2) is 22.6 Å². The van der Waals surface area contributed by atoms with Gasteiger partial charge in [0.2, 0.25) is 0 Å². The molecule has 0 heterocycles. The predicted molar refractivity (Wildman–Crippen MR) is 69.0 cm³/mol. The molecule has 5 heteroatoms. The number of rotatable bonds is 4. The highest BCUT2D eigenvalue weighted by atomic mass is 17.2. The second-order valence-corrected chi connectivity index (χ2v) is 4.83. The Hall–Kier alpha value is -2.14. The fraction of sp³-hybridized carbons (Fsp3) is 0.286. The topological polar surface area (TPSA) is 72.8 Å². The second kappa shape index (κ2) is 6.15. The summed E-state index contributed by atoms with van der Waals surface area (Å²) in [6.45, 7) is 5.14. The molecule has 19 heavy (non-hydrogen) atoms. The van der Waals surface area contributed by atoms with Crippen molar-refractivity contribution in [3.05, 3.63) is 42.0 Å². The lowest BCUT2D eigenvalue weighted by Crippen LogP contribution is -2.22. The van der Waals surface area contributed by atoms with Gasteiger partial charge in [-0.15, -0.1) is 0 Å². The number of hydrogen-bond acceptors (Lipinski definition) is 4. The molecule has 0 amide bonds. The maximum atomic E-state index is 11.8. The van der Waals surface area contributed by atoms with Crippen LogP contribution in [0.3, 0.4) is 0 Å². The zero-order valence-electron chi connectivity index (χ0n) is 11.0. The van der Waals surface area contributed by atoms with E-state index in [1.807, 2.05) is 0 Å². The van der Waals surface area contributed by atoms with Crippen LogP contribution in [0.4, 0.5) is 0 Å². The number of carbonyl (C=O) groups excluding carboxylic acids is 1. The molecule has 0 fully saturated rings. The van der Waals surface area contributed by atoms with E-state index < -0.39 is 17.5 Å². The van der Waals surface area contributed by atoms with Crippen LogP contribution in [0, 0.1) is 0 Å². The Morgan fingerprint density at radius 2 is 1.74 bits per heavy atom. The third kappa shape index (κ3) is 5.35. The van der Waals surface area contributed by atoms with Gasteiger partial charge >= 0.3 is 11.9 Å². The Labute approximate surface area is 111 Å². The minimum atomic E-state index is -1.23. The van der Waals surface area contributed by atoms with Crippen LogP contribution in [0.2, 0.25) is 0 Å². The third-order valence-corrected chi connectivity index (χ3v) is 1.94. The zero-order valence-corrected chi connectivity index (χ0v) is 11.0. The molecule has 0 unspecified atom stereocenters. The van der Waals surface area contributed by atoms with Crippen LogP contribution in [0.15, 0.2) is 36.4 Å². The van der Waals surface area contributed by atoms with Gasteiger partial charge in [0.05, 0.1) is 5.57 Å². The maximum absolute atomic E-state index is 11.8. The van der Waals surface area contributed by atoms with Crippen LogP contribution in [0.1, 0.15) is 26.3 Å². The summed E-state index contributed by atoms with van der Waals surface area (Å²) in [4.78, 5) is 32.2. The largest absolute Gasteiger partial charge is 0.478 e. The van der Waals surface area contributed by atoms with Gasteiger partial charge in [0.15, 0.2) is 0 Å². The van der Waals surface area contributed by atoms with Crippen LogP contribution >= 0.6 is 0 Å². The van der Waals surface area contributed by atoms with Crippen molar-refractivity contribution in [3.63, 3.8) is 0 Å². The third-order valence-electron chi connectivity index (χ3n) is 1.94. The molecule has 1 aromatic rings. The molecule has 0 aliphatic carbocycles. The van der Waals surface area contributed by atoms with Gasteiger partial charge in [-0.1, -0.05) is 30.3 Å². The first-order valence-corrected chi connectivity index (χ1v) is 5.69. The van der Waals surface area contributed by atoms with Gasteiger partial charge in [0, 0.05) is 6.08 Å². The zero-order chi connectivity index (χ0) is 14.5. The van der Waals surface area contributed by atoms with Crippen molar-refractivity contribution in [1.82, 2.24) is 0 Å². The van der Waals surface area contributed by atoms with Crippen LogP contribution in [-0.2, 0) is 19.4 Å². The van der Waals surface area contributed by atoms with E-state index >= 15 is 0 Å². The molecule has 5 nitrogen and oxygen atoms in total. The summed E-state index contributed by atoms with van der Waals surface area (Å²) >= 11 is 0. The molecule has 0 aromatic heterocycles. The van der Waals surface area contributed by atoms with Crippen molar-refractivity contribution in [2.45, 2.75) is 26.4 Å². The first-order chi connectivity index (χ1) is 8.79. The minimum Gasteiger partial charge on any atom is -0.478 e. The SMILES string of the molecule is CC(C)(C)OOC(=O)C(=CC(=O)O)c1ccccc1. The monoisotopic (exact) mass is 264 g/mol. The number of carbonyl (C=O) groups is 2. The molecule has 1 N–H and O–H groups in total. The molecule has 0 radical (unpaired) electrons. The van der Waals surface area contributed by atoms with Crippen molar-refractivity contribution in [1.29, 1.82) is 0 Å². The number of hydrogen-bond donors (Lipinski definition) is 1. The molecule has 0 atom stereocenters. The molecule has 0 bridgehead atoms. The first-order valence-electron chi connectivity index (χ1n) is 5.69. The molecule has 0 saturated carbocycles. The second-order valence-electron chi connectivity index (χ2n) is 4.83. The molecular weight excluding hydrogens is 248 g/mol. The van der Waals surface area contributed by atoms with Crippen molar-refractivity contribution in [3.8, 4) is 0 Å². The van der Waals surface area contributed by atoms with Crippen molar-refractivity contribution >= 4 is 17.5 Å². The fourth-order valence-corrected chi connectivity index (χ4v) is 1.21. The van der Waals surface area contributed by atoms with Crippen LogP contribution in [0.25, 0.3) is 5.57 Å². The Morgan fingerprint density at radius 3 is 2.21 bits per heavy atom. The van der Waals surface area contributed by atoms with Gasteiger partial charge < -0.3 is 5.11 Å². The quantitative estimate of drug-likeness (QED) is 0.513. The summed E-state index contributed by atoms with van der Waals surface area (Å²) in [6, 6.07) is 8.39. The van der Waals surface area contributed by atoms with Crippen molar-refractivity contribution in [2.75, 3.05) is 0 Å². The molecule has 0 spiro atoms.